The molecule has 1 atom stereocenters. The second-order valence-corrected chi connectivity index (χ2v) is 2.22. The topological polar surface area (TPSA) is 55.5 Å². The van der Waals surface area contributed by atoms with Crippen LogP contribution in [-0.4, -0.2) is 31.5 Å². The maximum absolute atomic E-state index is 7.00. The summed E-state index contributed by atoms with van der Waals surface area (Å²) < 4.78 is 5.30. The van der Waals surface area contributed by atoms with Gasteiger partial charge in [-0.25, -0.2) is 0 Å². The first-order valence-electron chi connectivity index (χ1n) is 3.70. The van der Waals surface area contributed by atoms with Gasteiger partial charge in [-0.2, -0.15) is 0 Å². The van der Waals surface area contributed by atoms with Gasteiger partial charge < -0.3 is 15.6 Å². The van der Waals surface area contributed by atoms with Gasteiger partial charge in [-0.15, -0.1) is 0 Å². The highest BCUT2D eigenvalue weighted by molar-refractivity contribution is 4.62. The standard InChI is InChI=1S/C6H13NO.CH4O/c7-5-6-3-1-2-4-8-6;1-2/h6H,1-5,7H2;2H,1H3. The highest BCUT2D eigenvalue weighted by Crippen LogP contribution is 2.10. The van der Waals surface area contributed by atoms with Gasteiger partial charge in [-0.05, 0) is 19.3 Å². The Hall–Kier alpha value is -0.120. The van der Waals surface area contributed by atoms with Crippen molar-refractivity contribution in [3.8, 4) is 0 Å². The molecule has 10 heavy (non-hydrogen) atoms. The van der Waals surface area contributed by atoms with Gasteiger partial charge in [-0.3, -0.25) is 0 Å². The van der Waals surface area contributed by atoms with E-state index in [4.69, 9.17) is 15.6 Å². The molecule has 0 spiro atoms. The smallest absolute Gasteiger partial charge is 0.0697 e. The summed E-state index contributed by atoms with van der Waals surface area (Å²) >= 11 is 0. The van der Waals surface area contributed by atoms with Crippen LogP contribution in [0.2, 0.25) is 0 Å². The molecular weight excluding hydrogens is 130 g/mol. The van der Waals surface area contributed by atoms with Crippen molar-refractivity contribution in [2.24, 2.45) is 5.73 Å². The van der Waals surface area contributed by atoms with Crippen molar-refractivity contribution in [1.82, 2.24) is 0 Å². The first-order chi connectivity index (χ1) is 4.93. The molecule has 0 aliphatic carbocycles. The zero-order valence-electron chi connectivity index (χ0n) is 6.55. The minimum Gasteiger partial charge on any atom is -0.400 e. The predicted octanol–water partition coefficient (Wildman–Crippen LogP) is 0.123. The Bertz CT molecular complexity index is 62.6. The Balaban J connectivity index is 0.000000371. The van der Waals surface area contributed by atoms with E-state index in [1.54, 1.807) is 0 Å². The summed E-state index contributed by atoms with van der Waals surface area (Å²) in [6.07, 6.45) is 4.04. The van der Waals surface area contributed by atoms with Crippen LogP contribution in [-0.2, 0) is 4.74 Å². The molecule has 3 heteroatoms. The second-order valence-electron chi connectivity index (χ2n) is 2.22. The summed E-state index contributed by atoms with van der Waals surface area (Å²) in [6, 6.07) is 0. The lowest BCUT2D eigenvalue weighted by Crippen LogP contribution is -2.27. The Morgan fingerprint density at radius 2 is 2.20 bits per heavy atom. The molecule has 1 saturated heterocycles. The molecule has 0 amide bonds. The first kappa shape index (κ1) is 9.88. The number of hydrogen-bond acceptors (Lipinski definition) is 3. The summed E-state index contributed by atoms with van der Waals surface area (Å²) in [4.78, 5) is 0. The van der Waals surface area contributed by atoms with Crippen molar-refractivity contribution in [1.29, 1.82) is 0 Å². The molecule has 0 radical (unpaired) electrons. The summed E-state index contributed by atoms with van der Waals surface area (Å²) in [6.45, 7) is 1.61. The molecule has 3 nitrogen and oxygen atoms in total. The third kappa shape index (κ3) is 3.82. The average Bonchev–Trinajstić information content (AvgIpc) is 2.10. The predicted molar refractivity (Wildman–Crippen MR) is 40.8 cm³/mol. The lowest BCUT2D eigenvalue weighted by Gasteiger charge is -2.20. The van der Waals surface area contributed by atoms with Gasteiger partial charge in [0.1, 0.15) is 0 Å². The fourth-order valence-corrected chi connectivity index (χ4v) is 0.993. The van der Waals surface area contributed by atoms with Gasteiger partial charge in [0.2, 0.25) is 0 Å². The van der Waals surface area contributed by atoms with Crippen molar-refractivity contribution in [3.05, 3.63) is 0 Å². The molecule has 1 unspecified atom stereocenters. The average molecular weight is 147 g/mol. The maximum atomic E-state index is 7.00. The van der Waals surface area contributed by atoms with Crippen LogP contribution >= 0.6 is 0 Å². The van der Waals surface area contributed by atoms with E-state index >= 15 is 0 Å². The summed E-state index contributed by atoms with van der Waals surface area (Å²) in [7, 11) is 1.00. The Morgan fingerprint density at radius 1 is 1.50 bits per heavy atom. The van der Waals surface area contributed by atoms with Crippen molar-refractivity contribution < 1.29 is 9.84 Å². The molecule has 1 rings (SSSR count). The molecule has 1 aliphatic rings. The Kier molecular flexibility index (Phi) is 6.91. The zero-order valence-corrected chi connectivity index (χ0v) is 6.55. The number of nitrogens with two attached hydrogens (primary N) is 1. The van der Waals surface area contributed by atoms with Crippen LogP contribution in [0.4, 0.5) is 0 Å². The molecule has 3 N–H and O–H groups in total. The lowest BCUT2D eigenvalue weighted by atomic mass is 10.1. The second kappa shape index (κ2) is 6.99. The van der Waals surface area contributed by atoms with E-state index in [2.05, 4.69) is 0 Å². The van der Waals surface area contributed by atoms with E-state index in [1.807, 2.05) is 0 Å². The fourth-order valence-electron chi connectivity index (χ4n) is 0.993. The molecule has 0 saturated carbocycles. The fraction of sp³-hybridized carbons (Fsp3) is 1.00. The maximum Gasteiger partial charge on any atom is 0.0697 e. The minimum absolute atomic E-state index is 0.365. The minimum atomic E-state index is 0.365. The lowest BCUT2D eigenvalue weighted by molar-refractivity contribution is 0.0222. The van der Waals surface area contributed by atoms with E-state index < -0.39 is 0 Å². The highest BCUT2D eigenvalue weighted by atomic mass is 16.5. The molecule has 1 fully saturated rings. The number of aliphatic hydroxyl groups excluding tert-OH is 1. The molecule has 62 valence electrons. The van der Waals surface area contributed by atoms with Gasteiger partial charge in [0.15, 0.2) is 0 Å². The van der Waals surface area contributed by atoms with Crippen molar-refractivity contribution >= 4 is 0 Å². The van der Waals surface area contributed by atoms with Crippen molar-refractivity contribution in [3.63, 3.8) is 0 Å². The van der Waals surface area contributed by atoms with Crippen LogP contribution in [0.15, 0.2) is 0 Å². The third-order valence-corrected chi connectivity index (χ3v) is 1.54. The van der Waals surface area contributed by atoms with Crippen LogP contribution in [0.5, 0.6) is 0 Å². The molecule has 1 aliphatic heterocycles. The van der Waals surface area contributed by atoms with Gasteiger partial charge in [0, 0.05) is 20.3 Å². The summed E-state index contributed by atoms with van der Waals surface area (Å²) in [5.41, 5.74) is 5.38. The van der Waals surface area contributed by atoms with Gasteiger partial charge in [0.05, 0.1) is 6.10 Å². The SMILES string of the molecule is CO.NCC1CCCCO1. The molecule has 0 aromatic rings. The molecular formula is C7H17NO2. The van der Waals surface area contributed by atoms with Crippen LogP contribution in [0, 0.1) is 0 Å². The van der Waals surface area contributed by atoms with E-state index in [0.717, 1.165) is 20.1 Å². The van der Waals surface area contributed by atoms with Gasteiger partial charge >= 0.3 is 0 Å². The number of hydrogen-bond donors (Lipinski definition) is 2. The number of aliphatic hydroxyl groups is 1. The third-order valence-electron chi connectivity index (χ3n) is 1.54. The highest BCUT2D eigenvalue weighted by Gasteiger charge is 2.10. The number of ether oxygens (including phenoxy) is 1. The largest absolute Gasteiger partial charge is 0.400 e. The molecule has 1 heterocycles. The monoisotopic (exact) mass is 147 g/mol. The van der Waals surface area contributed by atoms with Crippen LogP contribution in [0.25, 0.3) is 0 Å². The summed E-state index contributed by atoms with van der Waals surface area (Å²) in [5.74, 6) is 0. The summed E-state index contributed by atoms with van der Waals surface area (Å²) in [5, 5.41) is 7.00. The van der Waals surface area contributed by atoms with E-state index in [-0.39, 0.29) is 0 Å². The normalized spacial score (nSPS) is 24.9. The van der Waals surface area contributed by atoms with E-state index in [1.165, 1.54) is 12.8 Å². The van der Waals surface area contributed by atoms with Gasteiger partial charge in [-0.1, -0.05) is 0 Å². The quantitative estimate of drug-likeness (QED) is 0.554. The van der Waals surface area contributed by atoms with Crippen LogP contribution < -0.4 is 5.73 Å². The van der Waals surface area contributed by atoms with Crippen LogP contribution in [0.1, 0.15) is 19.3 Å². The number of rotatable bonds is 1. The van der Waals surface area contributed by atoms with E-state index in [9.17, 15) is 0 Å². The Labute approximate surface area is 62.2 Å². The molecule has 0 bridgehead atoms. The van der Waals surface area contributed by atoms with Crippen LogP contribution in [0.3, 0.4) is 0 Å². The van der Waals surface area contributed by atoms with Gasteiger partial charge in [0.25, 0.3) is 0 Å². The van der Waals surface area contributed by atoms with Crippen molar-refractivity contribution in [2.45, 2.75) is 25.4 Å². The Morgan fingerprint density at radius 3 is 2.50 bits per heavy atom. The molecule has 0 aromatic heterocycles. The zero-order chi connectivity index (χ0) is 7.82. The van der Waals surface area contributed by atoms with Crippen molar-refractivity contribution in [2.75, 3.05) is 20.3 Å². The van der Waals surface area contributed by atoms with E-state index in [0.29, 0.717) is 12.6 Å². The molecule has 0 aromatic carbocycles. The first-order valence-corrected chi connectivity index (χ1v) is 3.70.